The molecular formula is C21H27F3N4O3. The Bertz CT molecular complexity index is 950. The molecule has 1 N–H and O–H groups in total. The molecule has 0 aliphatic heterocycles. The maximum atomic E-state index is 14.2. The van der Waals surface area contributed by atoms with Crippen LogP contribution in [-0.2, 0) is 12.0 Å². The van der Waals surface area contributed by atoms with Gasteiger partial charge in [0, 0.05) is 37.3 Å². The van der Waals surface area contributed by atoms with E-state index in [-0.39, 0.29) is 17.5 Å². The minimum atomic E-state index is -5.01. The number of aromatic nitrogens is 2. The van der Waals surface area contributed by atoms with Crippen molar-refractivity contribution >= 4 is 12.0 Å². The van der Waals surface area contributed by atoms with Gasteiger partial charge in [0.05, 0.1) is 31.9 Å². The summed E-state index contributed by atoms with van der Waals surface area (Å²) in [6.07, 6.45) is -4.27. The number of benzene rings is 1. The van der Waals surface area contributed by atoms with Gasteiger partial charge in [-0.3, -0.25) is 0 Å². The number of ether oxygens (including phenoxy) is 2. The van der Waals surface area contributed by atoms with E-state index < -0.39 is 23.8 Å². The number of aliphatic hydroxyl groups is 1. The summed E-state index contributed by atoms with van der Waals surface area (Å²) in [5, 5.41) is 11.0. The van der Waals surface area contributed by atoms with Gasteiger partial charge in [0.1, 0.15) is 5.75 Å². The molecule has 1 aromatic carbocycles. The van der Waals surface area contributed by atoms with Gasteiger partial charge in [-0.15, -0.1) is 0 Å². The third kappa shape index (κ3) is 5.43. The first-order valence-electron chi connectivity index (χ1n) is 9.56. The number of nitrogens with zero attached hydrogens (tertiary/aromatic N) is 4. The molecule has 2 rings (SSSR count). The van der Waals surface area contributed by atoms with E-state index in [9.17, 15) is 18.3 Å². The van der Waals surface area contributed by atoms with Crippen molar-refractivity contribution in [2.75, 3.05) is 27.8 Å². The first-order valence-corrected chi connectivity index (χ1v) is 9.56. The maximum Gasteiger partial charge on any atom is 0.421 e. The Morgan fingerprint density at radius 3 is 2.35 bits per heavy atom. The Hall–Kier alpha value is -2.88. The minimum Gasteiger partial charge on any atom is -0.496 e. The summed E-state index contributed by atoms with van der Waals surface area (Å²) in [5.41, 5.74) is -2.38. The molecule has 1 atom stereocenters. The van der Waals surface area contributed by atoms with E-state index in [2.05, 4.69) is 15.0 Å². The summed E-state index contributed by atoms with van der Waals surface area (Å²) in [4.78, 5) is 14.1. The van der Waals surface area contributed by atoms with E-state index in [0.717, 1.165) is 0 Å². The zero-order valence-electron chi connectivity index (χ0n) is 18.4. The van der Waals surface area contributed by atoms with Gasteiger partial charge in [0.2, 0.25) is 0 Å². The van der Waals surface area contributed by atoms with Gasteiger partial charge in [0.15, 0.2) is 5.60 Å². The minimum absolute atomic E-state index is 0.0180. The van der Waals surface area contributed by atoms with E-state index in [1.54, 1.807) is 20.2 Å². The van der Waals surface area contributed by atoms with Crippen LogP contribution in [0.1, 0.15) is 29.4 Å². The van der Waals surface area contributed by atoms with E-state index in [0.29, 0.717) is 23.5 Å². The molecule has 2 aromatic rings. The molecule has 0 amide bonds. The zero-order chi connectivity index (χ0) is 23.4. The molecule has 1 unspecified atom stereocenters. The van der Waals surface area contributed by atoms with Crippen LogP contribution in [0.4, 0.5) is 18.9 Å². The second-order valence-corrected chi connectivity index (χ2v) is 7.18. The molecule has 1 aromatic heterocycles. The molecular weight excluding hydrogens is 413 g/mol. The van der Waals surface area contributed by atoms with Gasteiger partial charge in [-0.1, -0.05) is 0 Å². The lowest BCUT2D eigenvalue weighted by atomic mass is 9.86. The standard InChI is InChI=1S/C21H27F3N4O3/c1-7-28(4)12-25-17-10-18(30-5)16(8-13(17)2)20(29,21(22,23)24)11-15-9-14(3)26-19(27-15)31-6/h8-10,12,29H,7,11H2,1-6H3/b25-12+. The van der Waals surface area contributed by atoms with E-state index in [1.165, 1.54) is 32.4 Å². The van der Waals surface area contributed by atoms with E-state index >= 15 is 0 Å². The lowest BCUT2D eigenvalue weighted by Gasteiger charge is -2.32. The smallest absolute Gasteiger partial charge is 0.421 e. The molecule has 170 valence electrons. The topological polar surface area (TPSA) is 80.1 Å². The van der Waals surface area contributed by atoms with E-state index in [4.69, 9.17) is 9.47 Å². The summed E-state index contributed by atoms with van der Waals surface area (Å²) < 4.78 is 52.7. The Kier molecular flexibility index (Phi) is 7.48. The second kappa shape index (κ2) is 9.51. The highest BCUT2D eigenvalue weighted by atomic mass is 19.4. The van der Waals surface area contributed by atoms with Crippen molar-refractivity contribution in [1.82, 2.24) is 14.9 Å². The Morgan fingerprint density at radius 1 is 1.13 bits per heavy atom. The zero-order valence-corrected chi connectivity index (χ0v) is 18.4. The van der Waals surface area contributed by atoms with Crippen LogP contribution in [0.25, 0.3) is 0 Å². The van der Waals surface area contributed by atoms with Crippen LogP contribution in [0, 0.1) is 13.8 Å². The van der Waals surface area contributed by atoms with Crippen molar-refractivity contribution in [2.24, 2.45) is 4.99 Å². The van der Waals surface area contributed by atoms with Crippen LogP contribution in [0.15, 0.2) is 23.2 Å². The third-order valence-electron chi connectivity index (χ3n) is 4.83. The van der Waals surface area contributed by atoms with Crippen LogP contribution in [-0.4, -0.2) is 60.3 Å². The lowest BCUT2D eigenvalue weighted by Crippen LogP contribution is -2.44. The lowest BCUT2D eigenvalue weighted by molar-refractivity contribution is -0.267. The quantitative estimate of drug-likeness (QED) is 0.498. The average Bonchev–Trinajstić information content (AvgIpc) is 2.70. The molecule has 0 radical (unpaired) electrons. The highest BCUT2D eigenvalue weighted by Gasteiger charge is 2.56. The van der Waals surface area contributed by atoms with Crippen LogP contribution >= 0.6 is 0 Å². The number of methoxy groups -OCH3 is 2. The molecule has 0 aliphatic rings. The van der Waals surface area contributed by atoms with Crippen molar-refractivity contribution in [2.45, 2.75) is 39.0 Å². The number of hydrogen-bond acceptors (Lipinski definition) is 6. The summed E-state index contributed by atoms with van der Waals surface area (Å²) in [5.74, 6) is -0.130. The van der Waals surface area contributed by atoms with Gasteiger partial charge in [-0.25, -0.2) is 15.0 Å². The second-order valence-electron chi connectivity index (χ2n) is 7.18. The van der Waals surface area contributed by atoms with Crippen LogP contribution in [0.3, 0.4) is 0 Å². The fourth-order valence-electron chi connectivity index (χ4n) is 2.95. The highest BCUT2D eigenvalue weighted by molar-refractivity contribution is 5.65. The van der Waals surface area contributed by atoms with Crippen LogP contribution in [0.2, 0.25) is 0 Å². The van der Waals surface area contributed by atoms with Crippen LogP contribution < -0.4 is 9.47 Å². The predicted octanol–water partition coefficient (Wildman–Crippen LogP) is 3.71. The molecule has 0 aliphatic carbocycles. The molecule has 0 fully saturated rings. The first-order chi connectivity index (χ1) is 14.4. The summed E-state index contributed by atoms with van der Waals surface area (Å²) in [6.45, 7) is 5.88. The Balaban J connectivity index is 2.61. The fourth-order valence-corrected chi connectivity index (χ4v) is 2.95. The monoisotopic (exact) mass is 440 g/mol. The number of hydrogen-bond donors (Lipinski definition) is 1. The molecule has 0 saturated heterocycles. The number of aliphatic imine (C=N–C) groups is 1. The number of alkyl halides is 3. The fraction of sp³-hybridized carbons (Fsp3) is 0.476. The summed E-state index contributed by atoms with van der Waals surface area (Å²) >= 11 is 0. The number of rotatable bonds is 8. The number of halogens is 3. The normalized spacial score (nSPS) is 13.9. The first kappa shape index (κ1) is 24.4. The van der Waals surface area contributed by atoms with E-state index in [1.807, 2.05) is 18.9 Å². The summed E-state index contributed by atoms with van der Waals surface area (Å²) in [6, 6.07) is 3.92. The third-order valence-corrected chi connectivity index (χ3v) is 4.83. The molecule has 0 saturated carbocycles. The summed E-state index contributed by atoms with van der Waals surface area (Å²) in [7, 11) is 4.38. The van der Waals surface area contributed by atoms with Crippen molar-refractivity contribution in [1.29, 1.82) is 0 Å². The molecule has 0 bridgehead atoms. The molecule has 0 spiro atoms. The van der Waals surface area contributed by atoms with Crippen molar-refractivity contribution in [3.05, 3.63) is 40.7 Å². The maximum absolute atomic E-state index is 14.2. The largest absolute Gasteiger partial charge is 0.496 e. The van der Waals surface area contributed by atoms with Crippen molar-refractivity contribution in [3.63, 3.8) is 0 Å². The van der Waals surface area contributed by atoms with Gasteiger partial charge < -0.3 is 19.5 Å². The van der Waals surface area contributed by atoms with Crippen LogP contribution in [0.5, 0.6) is 11.8 Å². The average molecular weight is 440 g/mol. The molecule has 7 nitrogen and oxygen atoms in total. The van der Waals surface area contributed by atoms with Crippen molar-refractivity contribution < 1.29 is 27.8 Å². The van der Waals surface area contributed by atoms with Gasteiger partial charge in [0.25, 0.3) is 0 Å². The van der Waals surface area contributed by atoms with Crippen molar-refractivity contribution in [3.8, 4) is 11.8 Å². The van der Waals surface area contributed by atoms with Gasteiger partial charge in [-0.05, 0) is 38.5 Å². The Morgan fingerprint density at radius 2 is 1.81 bits per heavy atom. The number of aryl methyl sites for hydroxylation is 2. The molecule has 10 heteroatoms. The van der Waals surface area contributed by atoms with Gasteiger partial charge >= 0.3 is 12.2 Å². The molecule has 1 heterocycles. The highest BCUT2D eigenvalue weighted by Crippen LogP contribution is 2.46. The SMILES string of the molecule is CCN(C)/C=N/c1cc(OC)c(C(O)(Cc2cc(C)nc(OC)n2)C(F)(F)F)cc1C. The van der Waals surface area contributed by atoms with Gasteiger partial charge in [-0.2, -0.15) is 13.2 Å². The Labute approximate surface area is 179 Å². The predicted molar refractivity (Wildman–Crippen MR) is 111 cm³/mol. The molecule has 31 heavy (non-hydrogen) atoms.